The number of rotatable bonds is 2. The van der Waals surface area contributed by atoms with Crippen LogP contribution in [-0.4, -0.2) is 29.8 Å². The van der Waals surface area contributed by atoms with Crippen LogP contribution in [0.3, 0.4) is 0 Å². The fourth-order valence-corrected chi connectivity index (χ4v) is 3.04. The van der Waals surface area contributed by atoms with Gasteiger partial charge < -0.3 is 0 Å². The van der Waals surface area contributed by atoms with E-state index in [2.05, 4.69) is 25.3 Å². The molecule has 0 amide bonds. The molecule has 0 saturated heterocycles. The third kappa shape index (κ3) is 2.23. The highest BCUT2D eigenvalue weighted by Gasteiger charge is 2.15. The van der Waals surface area contributed by atoms with Gasteiger partial charge in [-0.3, -0.25) is 9.97 Å². The van der Waals surface area contributed by atoms with Gasteiger partial charge in [0.1, 0.15) is 5.69 Å². The molecule has 108 valence electrons. The van der Waals surface area contributed by atoms with Gasteiger partial charge in [0.15, 0.2) is 10.8 Å². The Balaban J connectivity index is 1.86. The van der Waals surface area contributed by atoms with Crippen molar-refractivity contribution in [3.63, 3.8) is 0 Å². The lowest BCUT2D eigenvalue weighted by Crippen LogP contribution is -1.92. The first-order chi connectivity index (χ1) is 10.7. The standard InChI is InChI=1S/C13H6Cl2N6S/c14-8-2-1-7(5-9(8)15)11-18-19-13-21(11)20-12(22-13)10-6-16-3-4-17-10/h1-6H. The summed E-state index contributed by atoms with van der Waals surface area (Å²) in [4.78, 5) is 8.95. The molecule has 0 aliphatic rings. The number of halogens is 2. The maximum atomic E-state index is 6.06. The van der Waals surface area contributed by atoms with E-state index in [1.165, 1.54) is 11.3 Å². The van der Waals surface area contributed by atoms with E-state index < -0.39 is 0 Å². The molecule has 0 aliphatic heterocycles. The van der Waals surface area contributed by atoms with E-state index in [-0.39, 0.29) is 0 Å². The van der Waals surface area contributed by atoms with Crippen molar-refractivity contribution in [2.24, 2.45) is 0 Å². The molecule has 0 bridgehead atoms. The second kappa shape index (κ2) is 5.28. The number of hydrogen-bond acceptors (Lipinski definition) is 6. The van der Waals surface area contributed by atoms with Crippen LogP contribution in [0.4, 0.5) is 0 Å². The normalized spacial score (nSPS) is 11.2. The van der Waals surface area contributed by atoms with Crippen molar-refractivity contribution in [3.8, 4) is 22.1 Å². The molecular weight excluding hydrogens is 343 g/mol. The molecule has 4 rings (SSSR count). The molecule has 0 saturated carbocycles. The van der Waals surface area contributed by atoms with Gasteiger partial charge >= 0.3 is 0 Å². The number of hydrogen-bond donors (Lipinski definition) is 0. The van der Waals surface area contributed by atoms with Crippen molar-refractivity contribution in [3.05, 3.63) is 46.8 Å². The van der Waals surface area contributed by atoms with Crippen molar-refractivity contribution >= 4 is 39.5 Å². The molecule has 0 atom stereocenters. The second-order valence-electron chi connectivity index (χ2n) is 4.34. The lowest BCUT2D eigenvalue weighted by Gasteiger charge is -1.99. The molecule has 3 heterocycles. The Morgan fingerprint density at radius 3 is 2.73 bits per heavy atom. The average molecular weight is 349 g/mol. The summed E-state index contributed by atoms with van der Waals surface area (Å²) in [5.74, 6) is 0.597. The molecule has 0 N–H and O–H groups in total. The van der Waals surface area contributed by atoms with E-state index in [9.17, 15) is 0 Å². The van der Waals surface area contributed by atoms with Crippen LogP contribution in [0.15, 0.2) is 36.8 Å². The van der Waals surface area contributed by atoms with Crippen LogP contribution in [0.5, 0.6) is 0 Å². The van der Waals surface area contributed by atoms with Crippen LogP contribution in [0.1, 0.15) is 0 Å². The van der Waals surface area contributed by atoms with Gasteiger partial charge in [0.25, 0.3) is 0 Å². The van der Waals surface area contributed by atoms with E-state index >= 15 is 0 Å². The first-order valence-electron chi connectivity index (χ1n) is 6.16. The van der Waals surface area contributed by atoms with Crippen LogP contribution in [0, 0.1) is 0 Å². The van der Waals surface area contributed by atoms with Gasteiger partial charge in [-0.1, -0.05) is 34.5 Å². The lowest BCUT2D eigenvalue weighted by atomic mass is 10.2. The van der Waals surface area contributed by atoms with E-state index in [0.29, 0.717) is 26.5 Å². The summed E-state index contributed by atoms with van der Waals surface area (Å²) in [6.07, 6.45) is 4.90. The number of benzene rings is 1. The first kappa shape index (κ1) is 13.6. The van der Waals surface area contributed by atoms with Crippen LogP contribution in [0.25, 0.3) is 27.1 Å². The highest BCUT2D eigenvalue weighted by atomic mass is 35.5. The minimum absolute atomic E-state index is 0.459. The van der Waals surface area contributed by atoms with Crippen molar-refractivity contribution < 1.29 is 0 Å². The fraction of sp³-hybridized carbons (Fsp3) is 0. The summed E-state index contributed by atoms with van der Waals surface area (Å²) < 4.78 is 1.66. The molecule has 0 aliphatic carbocycles. The Morgan fingerprint density at radius 2 is 1.95 bits per heavy atom. The highest BCUT2D eigenvalue weighted by molar-refractivity contribution is 7.19. The van der Waals surface area contributed by atoms with Gasteiger partial charge in [-0.25, -0.2) is 0 Å². The molecule has 0 radical (unpaired) electrons. The van der Waals surface area contributed by atoms with E-state index in [1.54, 1.807) is 35.2 Å². The summed E-state index contributed by atoms with van der Waals surface area (Å²) in [5.41, 5.74) is 1.48. The van der Waals surface area contributed by atoms with E-state index in [1.807, 2.05) is 6.07 Å². The van der Waals surface area contributed by atoms with Crippen molar-refractivity contribution in [1.29, 1.82) is 0 Å². The van der Waals surface area contributed by atoms with Crippen LogP contribution in [-0.2, 0) is 0 Å². The molecule has 9 heteroatoms. The quantitative estimate of drug-likeness (QED) is 0.553. The van der Waals surface area contributed by atoms with Gasteiger partial charge in [0.05, 0.1) is 16.2 Å². The van der Waals surface area contributed by atoms with Gasteiger partial charge in [-0.15, -0.1) is 10.2 Å². The summed E-state index contributed by atoms with van der Waals surface area (Å²) in [7, 11) is 0. The zero-order valence-electron chi connectivity index (χ0n) is 10.8. The second-order valence-corrected chi connectivity index (χ2v) is 6.12. The average Bonchev–Trinajstić information content (AvgIpc) is 3.11. The Bertz CT molecular complexity index is 965. The van der Waals surface area contributed by atoms with Crippen LogP contribution < -0.4 is 0 Å². The fourth-order valence-electron chi connectivity index (χ4n) is 1.95. The summed E-state index contributed by atoms with van der Waals surface area (Å²) in [6.45, 7) is 0. The molecule has 0 fully saturated rings. The summed E-state index contributed by atoms with van der Waals surface area (Å²) in [6, 6.07) is 5.28. The zero-order chi connectivity index (χ0) is 15.1. The molecule has 1 aromatic carbocycles. The molecule has 4 aromatic rings. The Morgan fingerprint density at radius 1 is 1.05 bits per heavy atom. The predicted octanol–water partition coefficient (Wildman–Crippen LogP) is 3.62. The largest absolute Gasteiger partial charge is 0.261 e. The Labute approximate surface area is 138 Å². The zero-order valence-corrected chi connectivity index (χ0v) is 13.1. The van der Waals surface area contributed by atoms with Gasteiger partial charge in [-0.05, 0) is 18.2 Å². The first-order valence-corrected chi connectivity index (χ1v) is 7.73. The highest BCUT2D eigenvalue weighted by Crippen LogP contribution is 2.30. The van der Waals surface area contributed by atoms with Gasteiger partial charge in [0.2, 0.25) is 4.96 Å². The third-order valence-corrected chi connectivity index (χ3v) is 4.61. The summed E-state index contributed by atoms with van der Waals surface area (Å²) in [5, 5.41) is 14.5. The number of fused-ring (bicyclic) bond motifs is 1. The number of aromatic nitrogens is 6. The molecular formula is C13H6Cl2N6S. The smallest absolute Gasteiger partial charge is 0.235 e. The van der Waals surface area contributed by atoms with Crippen molar-refractivity contribution in [1.82, 2.24) is 29.8 Å². The molecule has 0 unspecified atom stereocenters. The molecule has 3 aromatic heterocycles. The Hall–Kier alpha value is -2.09. The molecule has 0 spiro atoms. The molecule has 22 heavy (non-hydrogen) atoms. The Kier molecular flexibility index (Phi) is 3.25. The lowest BCUT2D eigenvalue weighted by molar-refractivity contribution is 0.965. The number of nitrogens with zero attached hydrogens (tertiary/aromatic N) is 6. The topological polar surface area (TPSA) is 68.9 Å². The minimum atomic E-state index is 0.459. The van der Waals surface area contributed by atoms with Crippen molar-refractivity contribution in [2.75, 3.05) is 0 Å². The summed E-state index contributed by atoms with van der Waals surface area (Å²) >= 11 is 13.4. The third-order valence-electron chi connectivity index (χ3n) is 2.95. The predicted molar refractivity (Wildman–Crippen MR) is 85.1 cm³/mol. The minimum Gasteiger partial charge on any atom is -0.261 e. The maximum absolute atomic E-state index is 6.06. The van der Waals surface area contributed by atoms with Crippen molar-refractivity contribution in [2.45, 2.75) is 0 Å². The maximum Gasteiger partial charge on any atom is 0.235 e. The van der Waals surface area contributed by atoms with Crippen LogP contribution in [0.2, 0.25) is 10.0 Å². The molecule has 6 nitrogen and oxygen atoms in total. The van der Waals surface area contributed by atoms with Gasteiger partial charge in [-0.2, -0.15) is 9.61 Å². The monoisotopic (exact) mass is 348 g/mol. The van der Waals surface area contributed by atoms with Crippen LogP contribution >= 0.6 is 34.5 Å². The SMILES string of the molecule is Clc1ccc(-c2nnc3sc(-c4cnccn4)nn23)cc1Cl. The van der Waals surface area contributed by atoms with E-state index in [4.69, 9.17) is 23.2 Å². The van der Waals surface area contributed by atoms with E-state index in [0.717, 1.165) is 10.6 Å². The van der Waals surface area contributed by atoms with Gasteiger partial charge in [0, 0.05) is 18.0 Å².